The van der Waals surface area contributed by atoms with Crippen LogP contribution in [-0.4, -0.2) is 80.8 Å². The van der Waals surface area contributed by atoms with Gasteiger partial charge >= 0.3 is 5.97 Å². The van der Waals surface area contributed by atoms with Crippen LogP contribution >= 0.6 is 12.6 Å². The molecular weight excluding hydrogens is 504 g/mol. The molecule has 0 spiro atoms. The van der Waals surface area contributed by atoms with E-state index in [1.165, 1.54) is 6.92 Å². The maximum atomic E-state index is 13.2. The van der Waals surface area contributed by atoms with E-state index >= 15 is 0 Å². The Hall–Kier alpha value is -3.62. The normalized spacial score (nSPS) is 15.1. The second-order valence-electron chi connectivity index (χ2n) is 8.54. The van der Waals surface area contributed by atoms with Crippen LogP contribution in [0.5, 0.6) is 0 Å². The van der Waals surface area contributed by atoms with Crippen LogP contribution in [0.3, 0.4) is 0 Å². The molecule has 0 fully saturated rings. The minimum Gasteiger partial charge on any atom is -0.480 e. The number of primary amides is 1. The molecule has 14 heteroatoms. The second-order valence-corrected chi connectivity index (χ2v) is 8.90. The molecule has 202 valence electrons. The first-order valence-corrected chi connectivity index (χ1v) is 12.1. The van der Waals surface area contributed by atoms with Crippen LogP contribution < -0.4 is 27.4 Å². The number of aliphatic hydroxyl groups excluding tert-OH is 1. The lowest BCUT2D eigenvalue weighted by atomic mass is 10.0. The lowest BCUT2D eigenvalue weighted by molar-refractivity contribution is -0.141. The number of hydrogen-bond donors (Lipinski definition) is 9. The first-order chi connectivity index (χ1) is 17.4. The first kappa shape index (κ1) is 29.6. The summed E-state index contributed by atoms with van der Waals surface area (Å²) in [7, 11) is 0. The third-order valence-corrected chi connectivity index (χ3v) is 6.03. The van der Waals surface area contributed by atoms with Crippen molar-refractivity contribution in [3.05, 3.63) is 36.0 Å². The summed E-state index contributed by atoms with van der Waals surface area (Å²) in [6.07, 6.45) is -0.0328. The summed E-state index contributed by atoms with van der Waals surface area (Å²) in [4.78, 5) is 64.4. The number of fused-ring (bicyclic) bond motifs is 1. The number of carboxylic acid groups (broad SMARTS) is 1. The molecule has 1 heterocycles. The third-order valence-electron chi connectivity index (χ3n) is 5.66. The molecule has 0 bridgehead atoms. The van der Waals surface area contributed by atoms with Crippen molar-refractivity contribution in [3.63, 3.8) is 0 Å². The molecule has 0 saturated heterocycles. The van der Waals surface area contributed by atoms with E-state index in [2.05, 4.69) is 33.6 Å². The predicted molar refractivity (Wildman–Crippen MR) is 137 cm³/mol. The highest BCUT2D eigenvalue weighted by molar-refractivity contribution is 7.80. The number of carboxylic acids is 1. The summed E-state index contributed by atoms with van der Waals surface area (Å²) in [5.41, 5.74) is 12.3. The quantitative estimate of drug-likeness (QED) is 0.124. The minimum absolute atomic E-state index is 0.0236. The molecular formula is C23H32N6O7S. The summed E-state index contributed by atoms with van der Waals surface area (Å²) >= 11 is 3.95. The number of nitrogens with two attached hydrogens (primary N) is 2. The lowest BCUT2D eigenvalue weighted by Crippen LogP contribution is -2.58. The second kappa shape index (κ2) is 13.6. The maximum Gasteiger partial charge on any atom is 0.327 e. The van der Waals surface area contributed by atoms with E-state index in [0.717, 1.165) is 10.9 Å². The topological polar surface area (TPSA) is 230 Å². The Labute approximate surface area is 218 Å². The van der Waals surface area contributed by atoms with Crippen molar-refractivity contribution in [1.29, 1.82) is 0 Å². The number of hydrogen-bond acceptors (Lipinski definition) is 8. The molecule has 0 aliphatic rings. The SMILES string of the molecule is CC(O)C(N)C(=O)NC(CCC(N)=O)C(=O)NC(Cc1c[nH]c2ccccc12)C(=O)NC(CS)C(=O)O. The van der Waals surface area contributed by atoms with E-state index in [4.69, 9.17) is 11.5 Å². The Morgan fingerprint density at radius 2 is 1.59 bits per heavy atom. The number of amides is 4. The molecule has 5 unspecified atom stereocenters. The van der Waals surface area contributed by atoms with Gasteiger partial charge in [-0.1, -0.05) is 18.2 Å². The molecule has 4 amide bonds. The highest BCUT2D eigenvalue weighted by Gasteiger charge is 2.31. The van der Waals surface area contributed by atoms with Crippen LogP contribution in [0, 0.1) is 0 Å². The van der Waals surface area contributed by atoms with Gasteiger partial charge in [-0.05, 0) is 25.0 Å². The van der Waals surface area contributed by atoms with E-state index in [0.29, 0.717) is 5.56 Å². The zero-order valence-electron chi connectivity index (χ0n) is 20.1. The predicted octanol–water partition coefficient (Wildman–Crippen LogP) is -1.85. The minimum atomic E-state index is -1.35. The largest absolute Gasteiger partial charge is 0.480 e. The molecule has 37 heavy (non-hydrogen) atoms. The van der Waals surface area contributed by atoms with Gasteiger partial charge in [0.15, 0.2) is 0 Å². The number of H-pyrrole nitrogens is 1. The fourth-order valence-corrected chi connectivity index (χ4v) is 3.75. The molecule has 5 atom stereocenters. The molecule has 1 aromatic heterocycles. The van der Waals surface area contributed by atoms with Crippen LogP contribution in [0.15, 0.2) is 30.5 Å². The maximum absolute atomic E-state index is 13.2. The Bertz CT molecular complexity index is 1140. The molecule has 1 aromatic carbocycles. The van der Waals surface area contributed by atoms with Crippen LogP contribution in [0.25, 0.3) is 10.9 Å². The first-order valence-electron chi connectivity index (χ1n) is 11.5. The smallest absolute Gasteiger partial charge is 0.327 e. The number of thiol groups is 1. The van der Waals surface area contributed by atoms with Gasteiger partial charge in [0.2, 0.25) is 23.6 Å². The third kappa shape index (κ3) is 8.48. The molecule has 0 aliphatic heterocycles. The van der Waals surface area contributed by atoms with Gasteiger partial charge in [-0.2, -0.15) is 12.6 Å². The Kier molecular flexibility index (Phi) is 10.9. The number of rotatable bonds is 14. The van der Waals surface area contributed by atoms with Crippen molar-refractivity contribution >= 4 is 53.1 Å². The lowest BCUT2D eigenvalue weighted by Gasteiger charge is -2.25. The van der Waals surface area contributed by atoms with Crippen molar-refractivity contribution in [2.24, 2.45) is 11.5 Å². The number of carbonyl (C=O) groups is 5. The summed E-state index contributed by atoms with van der Waals surface area (Å²) in [6, 6.07) is 2.04. The zero-order chi connectivity index (χ0) is 27.7. The van der Waals surface area contributed by atoms with Crippen LogP contribution in [0.4, 0.5) is 0 Å². The van der Waals surface area contributed by atoms with E-state index in [-0.39, 0.29) is 25.0 Å². The van der Waals surface area contributed by atoms with Gasteiger partial charge in [-0.3, -0.25) is 19.2 Å². The standard InChI is InChI=1S/C23H32N6O7S/c1-11(30)19(25)22(34)27-15(6-7-18(24)31)20(32)28-16(21(33)29-17(10-37)23(35)36)8-12-9-26-14-5-3-2-4-13(12)14/h2-5,9,11,15-17,19,26,30,37H,6-8,10,25H2,1H3,(H2,24,31)(H,27,34)(H,28,32)(H,29,33)(H,35,36). The molecule has 13 nitrogen and oxygen atoms in total. The van der Waals surface area contributed by atoms with E-state index in [1.807, 2.05) is 18.2 Å². The molecule has 0 aliphatic carbocycles. The molecule has 10 N–H and O–H groups in total. The Morgan fingerprint density at radius 1 is 1.00 bits per heavy atom. The number of aliphatic carboxylic acids is 1. The number of aromatic amines is 1. The highest BCUT2D eigenvalue weighted by Crippen LogP contribution is 2.19. The average Bonchev–Trinajstić information content (AvgIpc) is 3.26. The summed E-state index contributed by atoms with van der Waals surface area (Å²) in [5.74, 6) is -4.69. The van der Waals surface area contributed by atoms with Gasteiger partial charge < -0.3 is 42.6 Å². The number of aromatic nitrogens is 1. The van der Waals surface area contributed by atoms with Crippen LogP contribution in [0.1, 0.15) is 25.3 Å². The Balaban J connectivity index is 2.32. The van der Waals surface area contributed by atoms with Crippen molar-refractivity contribution in [1.82, 2.24) is 20.9 Å². The summed E-state index contributed by atoms with van der Waals surface area (Å²) in [6.45, 7) is 1.30. The van der Waals surface area contributed by atoms with Crippen LogP contribution in [0.2, 0.25) is 0 Å². The van der Waals surface area contributed by atoms with Crippen molar-refractivity contribution in [2.45, 2.75) is 56.5 Å². The zero-order valence-corrected chi connectivity index (χ0v) is 21.0. The fraction of sp³-hybridized carbons (Fsp3) is 0.435. The number of nitrogens with one attached hydrogen (secondary N) is 4. The Morgan fingerprint density at radius 3 is 2.19 bits per heavy atom. The van der Waals surface area contributed by atoms with E-state index in [1.54, 1.807) is 12.3 Å². The number of para-hydroxylation sites is 1. The van der Waals surface area contributed by atoms with Crippen molar-refractivity contribution < 1.29 is 34.2 Å². The monoisotopic (exact) mass is 536 g/mol. The highest BCUT2D eigenvalue weighted by atomic mass is 32.1. The van der Waals surface area contributed by atoms with Crippen molar-refractivity contribution in [3.8, 4) is 0 Å². The molecule has 2 rings (SSSR count). The van der Waals surface area contributed by atoms with Crippen LogP contribution in [-0.2, 0) is 30.4 Å². The number of benzene rings is 1. The van der Waals surface area contributed by atoms with Gasteiger partial charge in [-0.15, -0.1) is 0 Å². The van der Waals surface area contributed by atoms with Gasteiger partial charge in [0.1, 0.15) is 24.2 Å². The average molecular weight is 537 g/mol. The summed E-state index contributed by atoms with van der Waals surface area (Å²) in [5, 5.41) is 26.9. The molecule has 0 saturated carbocycles. The van der Waals surface area contributed by atoms with Crippen molar-refractivity contribution in [2.75, 3.05) is 5.75 Å². The number of aliphatic hydroxyl groups is 1. The van der Waals surface area contributed by atoms with Gasteiger partial charge in [0.25, 0.3) is 0 Å². The van der Waals surface area contributed by atoms with Gasteiger partial charge in [0, 0.05) is 35.7 Å². The van der Waals surface area contributed by atoms with E-state index in [9.17, 15) is 34.2 Å². The molecule has 0 radical (unpaired) electrons. The van der Waals surface area contributed by atoms with Gasteiger partial charge in [0.05, 0.1) is 6.10 Å². The van der Waals surface area contributed by atoms with E-state index < -0.39 is 59.9 Å². The molecule has 2 aromatic rings. The van der Waals surface area contributed by atoms with Gasteiger partial charge in [-0.25, -0.2) is 4.79 Å². The fourth-order valence-electron chi connectivity index (χ4n) is 3.50. The summed E-state index contributed by atoms with van der Waals surface area (Å²) < 4.78 is 0. The number of carbonyl (C=O) groups excluding carboxylic acids is 4.